The second-order valence-electron chi connectivity index (χ2n) is 4.63. The molecule has 3 N–H and O–H groups in total. The fourth-order valence-corrected chi connectivity index (χ4v) is 1.63. The molecule has 23 heavy (non-hydrogen) atoms. The van der Waals surface area contributed by atoms with Crippen LogP contribution in [0.5, 0.6) is 5.75 Å². The number of rotatable bonds is 8. The lowest BCUT2D eigenvalue weighted by Crippen LogP contribution is -2.27. The SMILES string of the molecule is CC(C)NCCOCCOc1ccc(I)cc1.O=C(O)C(=O)O. The lowest BCUT2D eigenvalue weighted by atomic mass is 10.3. The smallest absolute Gasteiger partial charge is 0.414 e. The molecule has 0 heterocycles. The van der Waals surface area contributed by atoms with Crippen LogP contribution in [0.1, 0.15) is 13.8 Å². The Morgan fingerprint density at radius 2 is 1.65 bits per heavy atom. The summed E-state index contributed by atoms with van der Waals surface area (Å²) in [5, 5.41) is 18.1. The van der Waals surface area contributed by atoms with Crippen molar-refractivity contribution in [3.63, 3.8) is 0 Å². The largest absolute Gasteiger partial charge is 0.491 e. The van der Waals surface area contributed by atoms with E-state index in [9.17, 15) is 0 Å². The number of carboxylic acid groups (broad SMARTS) is 2. The molecule has 0 aliphatic heterocycles. The second-order valence-corrected chi connectivity index (χ2v) is 5.88. The first-order valence-corrected chi connectivity index (χ1v) is 8.06. The van der Waals surface area contributed by atoms with Crippen LogP contribution in [0.25, 0.3) is 0 Å². The maximum Gasteiger partial charge on any atom is 0.414 e. The van der Waals surface area contributed by atoms with Gasteiger partial charge in [0.1, 0.15) is 12.4 Å². The van der Waals surface area contributed by atoms with E-state index < -0.39 is 11.9 Å². The van der Waals surface area contributed by atoms with Crippen LogP contribution in [-0.4, -0.2) is 54.6 Å². The Morgan fingerprint density at radius 1 is 1.09 bits per heavy atom. The average molecular weight is 439 g/mol. The van der Waals surface area contributed by atoms with Crippen molar-refractivity contribution in [2.75, 3.05) is 26.4 Å². The maximum atomic E-state index is 9.10. The minimum atomic E-state index is -1.82. The van der Waals surface area contributed by atoms with E-state index in [1.54, 1.807) is 0 Å². The van der Waals surface area contributed by atoms with Gasteiger partial charge in [0.2, 0.25) is 0 Å². The van der Waals surface area contributed by atoms with Crippen LogP contribution in [0.15, 0.2) is 24.3 Å². The van der Waals surface area contributed by atoms with Crippen LogP contribution in [0.2, 0.25) is 0 Å². The highest BCUT2D eigenvalue weighted by Gasteiger charge is 2.04. The number of aliphatic carboxylic acids is 2. The molecule has 1 aromatic rings. The number of benzene rings is 1. The molecule has 1 rings (SSSR count). The molecule has 1 aromatic carbocycles. The fraction of sp³-hybridized carbons (Fsp3) is 0.467. The third-order valence-corrected chi connectivity index (χ3v) is 3.01. The first-order chi connectivity index (χ1) is 10.8. The van der Waals surface area contributed by atoms with E-state index >= 15 is 0 Å². The van der Waals surface area contributed by atoms with Crippen molar-refractivity contribution in [3.8, 4) is 5.75 Å². The van der Waals surface area contributed by atoms with Crippen LogP contribution in [0.3, 0.4) is 0 Å². The van der Waals surface area contributed by atoms with Gasteiger partial charge in [-0.1, -0.05) is 13.8 Å². The molecule has 8 heteroatoms. The van der Waals surface area contributed by atoms with Gasteiger partial charge in [0.05, 0.1) is 13.2 Å². The van der Waals surface area contributed by atoms with Gasteiger partial charge in [-0.05, 0) is 46.9 Å². The number of ether oxygens (including phenoxy) is 2. The van der Waals surface area contributed by atoms with Crippen LogP contribution in [0, 0.1) is 3.57 Å². The van der Waals surface area contributed by atoms with Gasteiger partial charge in [-0.2, -0.15) is 0 Å². The summed E-state index contributed by atoms with van der Waals surface area (Å²) in [6.07, 6.45) is 0. The van der Waals surface area contributed by atoms with Crippen molar-refractivity contribution in [2.45, 2.75) is 19.9 Å². The Hall–Kier alpha value is -1.39. The van der Waals surface area contributed by atoms with Crippen molar-refractivity contribution >= 4 is 34.5 Å². The standard InChI is InChI=1S/C13H20INO2.C2H2O4/c1-11(2)15-7-8-16-9-10-17-13-5-3-12(14)4-6-13;3-1(4)2(5)6/h3-6,11,15H,7-10H2,1-2H3;(H,3,4)(H,5,6). The van der Waals surface area contributed by atoms with E-state index in [1.807, 2.05) is 24.3 Å². The number of halogens is 1. The number of carbonyl (C=O) groups is 2. The molecule has 0 aliphatic carbocycles. The first-order valence-electron chi connectivity index (χ1n) is 6.98. The van der Waals surface area contributed by atoms with Gasteiger partial charge in [-0.3, -0.25) is 0 Å². The molecule has 0 amide bonds. The van der Waals surface area contributed by atoms with Crippen molar-refractivity contribution < 1.29 is 29.3 Å². The Kier molecular flexibility index (Phi) is 12.3. The van der Waals surface area contributed by atoms with Gasteiger partial charge in [0.15, 0.2) is 0 Å². The molecule has 0 bridgehead atoms. The van der Waals surface area contributed by atoms with Gasteiger partial charge in [-0.25, -0.2) is 9.59 Å². The first kappa shape index (κ1) is 21.6. The van der Waals surface area contributed by atoms with E-state index in [4.69, 9.17) is 29.3 Å². The molecular weight excluding hydrogens is 417 g/mol. The summed E-state index contributed by atoms with van der Waals surface area (Å²) < 4.78 is 12.2. The Labute approximate surface area is 149 Å². The van der Waals surface area contributed by atoms with Gasteiger partial charge in [0, 0.05) is 16.2 Å². The lowest BCUT2D eigenvalue weighted by molar-refractivity contribution is -0.159. The Morgan fingerprint density at radius 3 is 2.13 bits per heavy atom. The summed E-state index contributed by atoms with van der Waals surface area (Å²) in [5.74, 6) is -2.75. The minimum absolute atomic E-state index is 0.515. The summed E-state index contributed by atoms with van der Waals surface area (Å²) >= 11 is 2.27. The monoisotopic (exact) mass is 439 g/mol. The van der Waals surface area contributed by atoms with Gasteiger partial charge in [-0.15, -0.1) is 0 Å². The molecule has 0 unspecified atom stereocenters. The molecule has 0 aromatic heterocycles. The van der Waals surface area contributed by atoms with Gasteiger partial charge < -0.3 is 25.0 Å². The quantitative estimate of drug-likeness (QED) is 0.323. The molecule has 0 saturated carbocycles. The van der Waals surface area contributed by atoms with Crippen molar-refractivity contribution in [1.82, 2.24) is 5.32 Å². The third kappa shape index (κ3) is 14.0. The van der Waals surface area contributed by atoms with Crippen LogP contribution < -0.4 is 10.1 Å². The molecule has 7 nitrogen and oxygen atoms in total. The summed E-state index contributed by atoms with van der Waals surface area (Å²) in [7, 11) is 0. The van der Waals surface area contributed by atoms with Crippen LogP contribution >= 0.6 is 22.6 Å². The van der Waals surface area contributed by atoms with Crippen molar-refractivity contribution in [3.05, 3.63) is 27.8 Å². The predicted octanol–water partition coefficient (Wildman–Crippen LogP) is 1.84. The predicted molar refractivity (Wildman–Crippen MR) is 93.9 cm³/mol. The maximum absolute atomic E-state index is 9.10. The van der Waals surface area contributed by atoms with E-state index in [0.29, 0.717) is 19.3 Å². The van der Waals surface area contributed by atoms with Crippen molar-refractivity contribution in [2.24, 2.45) is 0 Å². The molecule has 0 radical (unpaired) electrons. The number of nitrogens with one attached hydrogen (secondary N) is 1. The minimum Gasteiger partial charge on any atom is -0.491 e. The van der Waals surface area contributed by atoms with E-state index in [0.717, 1.165) is 18.9 Å². The molecular formula is C15H22INO6. The normalized spacial score (nSPS) is 9.91. The van der Waals surface area contributed by atoms with Gasteiger partial charge >= 0.3 is 11.9 Å². The highest BCUT2D eigenvalue weighted by atomic mass is 127. The highest BCUT2D eigenvalue weighted by Crippen LogP contribution is 2.13. The zero-order chi connectivity index (χ0) is 17.7. The van der Waals surface area contributed by atoms with E-state index in [2.05, 4.69) is 41.8 Å². The van der Waals surface area contributed by atoms with Gasteiger partial charge in [0.25, 0.3) is 0 Å². The molecule has 0 fully saturated rings. The lowest BCUT2D eigenvalue weighted by Gasteiger charge is -2.09. The highest BCUT2D eigenvalue weighted by molar-refractivity contribution is 14.1. The molecule has 0 atom stereocenters. The number of hydrogen-bond acceptors (Lipinski definition) is 5. The van der Waals surface area contributed by atoms with Crippen LogP contribution in [0.4, 0.5) is 0 Å². The summed E-state index contributed by atoms with van der Waals surface area (Å²) in [4.78, 5) is 18.2. The zero-order valence-corrected chi connectivity index (χ0v) is 15.3. The second kappa shape index (κ2) is 13.1. The van der Waals surface area contributed by atoms with E-state index in [-0.39, 0.29) is 0 Å². The molecule has 0 saturated heterocycles. The molecule has 0 aliphatic rings. The summed E-state index contributed by atoms with van der Waals surface area (Å²) in [6, 6.07) is 8.53. The summed E-state index contributed by atoms with van der Waals surface area (Å²) in [6.45, 7) is 7.10. The van der Waals surface area contributed by atoms with Crippen LogP contribution in [-0.2, 0) is 14.3 Å². The summed E-state index contributed by atoms with van der Waals surface area (Å²) in [5.41, 5.74) is 0. The van der Waals surface area contributed by atoms with Crippen molar-refractivity contribution in [1.29, 1.82) is 0 Å². The third-order valence-electron chi connectivity index (χ3n) is 2.29. The topological polar surface area (TPSA) is 105 Å². The Bertz CT molecular complexity index is 452. The molecule has 0 spiro atoms. The average Bonchev–Trinajstić information content (AvgIpc) is 2.48. The van der Waals surface area contributed by atoms with E-state index in [1.165, 1.54) is 3.57 Å². The number of hydrogen-bond donors (Lipinski definition) is 3. The molecule has 130 valence electrons. The zero-order valence-electron chi connectivity index (χ0n) is 13.1. The Balaban J connectivity index is 0.000000688. The number of carboxylic acids is 2. The fourth-order valence-electron chi connectivity index (χ4n) is 1.27.